The van der Waals surface area contributed by atoms with Crippen molar-refractivity contribution in [3.05, 3.63) is 29.8 Å². The lowest BCUT2D eigenvalue weighted by molar-refractivity contribution is -0.157. The number of phenols is 1. The molecule has 3 aliphatic carbocycles. The summed E-state index contributed by atoms with van der Waals surface area (Å²) in [5.41, 5.74) is 1.29. The summed E-state index contributed by atoms with van der Waals surface area (Å²) in [5.74, 6) is 3.76. The standard InChI is InChI=1S/C26H38O3/c1-18-2-4-19(5-3-18)20-6-8-23(9-7-20)26(28)29-25-16-12-22(13-17-25)21-10-14-24(27)15-11-21/h10-11,14-15,18-20,22-23,25,27H,2-9,12-13,16-17H2,1H3/t18?,19?,20?,22-,23?,25-. The van der Waals surface area contributed by atoms with Gasteiger partial charge in [0.1, 0.15) is 11.9 Å². The first kappa shape index (κ1) is 20.8. The molecule has 0 saturated heterocycles. The van der Waals surface area contributed by atoms with Crippen LogP contribution in [0.5, 0.6) is 5.75 Å². The van der Waals surface area contributed by atoms with Crippen LogP contribution in [0.2, 0.25) is 0 Å². The topological polar surface area (TPSA) is 46.5 Å². The Bertz CT molecular complexity index is 643. The number of rotatable bonds is 4. The van der Waals surface area contributed by atoms with Crippen LogP contribution in [-0.4, -0.2) is 17.2 Å². The van der Waals surface area contributed by atoms with Gasteiger partial charge in [0.05, 0.1) is 5.92 Å². The molecule has 3 nitrogen and oxygen atoms in total. The fraction of sp³-hybridized carbons (Fsp3) is 0.731. The first-order valence-electron chi connectivity index (χ1n) is 12.1. The van der Waals surface area contributed by atoms with Crippen LogP contribution in [-0.2, 0) is 9.53 Å². The van der Waals surface area contributed by atoms with E-state index in [1.54, 1.807) is 12.1 Å². The van der Waals surface area contributed by atoms with E-state index in [9.17, 15) is 9.90 Å². The van der Waals surface area contributed by atoms with Gasteiger partial charge < -0.3 is 9.84 Å². The normalized spacial score (nSPS) is 35.8. The molecule has 0 amide bonds. The third-order valence-electron chi connectivity index (χ3n) is 8.15. The fourth-order valence-electron chi connectivity index (χ4n) is 6.10. The van der Waals surface area contributed by atoms with Crippen LogP contribution in [0.15, 0.2) is 24.3 Å². The zero-order valence-electron chi connectivity index (χ0n) is 18.0. The molecule has 1 aromatic carbocycles. The second-order valence-corrected chi connectivity index (χ2v) is 10.1. The number of esters is 1. The van der Waals surface area contributed by atoms with Gasteiger partial charge in [-0.3, -0.25) is 4.79 Å². The zero-order valence-corrected chi connectivity index (χ0v) is 18.0. The highest BCUT2D eigenvalue weighted by Gasteiger charge is 2.34. The van der Waals surface area contributed by atoms with Gasteiger partial charge in [-0.1, -0.05) is 31.9 Å². The molecule has 0 bridgehead atoms. The molecule has 160 valence electrons. The average molecular weight is 399 g/mol. The predicted octanol–water partition coefficient (Wildman–Crippen LogP) is 6.59. The van der Waals surface area contributed by atoms with Crippen molar-refractivity contribution in [2.75, 3.05) is 0 Å². The Hall–Kier alpha value is -1.51. The highest BCUT2D eigenvalue weighted by Crippen LogP contribution is 2.42. The lowest BCUT2D eigenvalue weighted by atomic mass is 9.69. The Labute approximate surface area is 176 Å². The number of hydrogen-bond donors (Lipinski definition) is 1. The Balaban J connectivity index is 1.18. The van der Waals surface area contributed by atoms with Crippen LogP contribution < -0.4 is 0 Å². The summed E-state index contributed by atoms with van der Waals surface area (Å²) in [5, 5.41) is 9.46. The first-order valence-corrected chi connectivity index (χ1v) is 12.1. The van der Waals surface area contributed by atoms with Crippen molar-refractivity contribution >= 4 is 5.97 Å². The molecule has 0 atom stereocenters. The van der Waals surface area contributed by atoms with Crippen molar-refractivity contribution in [1.29, 1.82) is 0 Å². The number of carbonyl (C=O) groups is 1. The Morgan fingerprint density at radius 1 is 0.793 bits per heavy atom. The van der Waals surface area contributed by atoms with Crippen molar-refractivity contribution in [1.82, 2.24) is 0 Å². The van der Waals surface area contributed by atoms with E-state index in [-0.39, 0.29) is 18.0 Å². The zero-order chi connectivity index (χ0) is 20.2. The maximum absolute atomic E-state index is 12.7. The molecule has 0 aromatic heterocycles. The summed E-state index contributed by atoms with van der Waals surface area (Å²) in [6.45, 7) is 2.39. The van der Waals surface area contributed by atoms with Crippen LogP contribution in [0.1, 0.15) is 95.5 Å². The third kappa shape index (κ3) is 5.35. The van der Waals surface area contributed by atoms with Crippen molar-refractivity contribution in [3.63, 3.8) is 0 Å². The molecule has 0 unspecified atom stereocenters. The summed E-state index contributed by atoms with van der Waals surface area (Å²) in [4.78, 5) is 12.7. The molecule has 0 spiro atoms. The molecule has 3 saturated carbocycles. The second kappa shape index (κ2) is 9.53. The molecule has 0 aliphatic heterocycles. The van der Waals surface area contributed by atoms with Gasteiger partial charge >= 0.3 is 5.97 Å². The minimum Gasteiger partial charge on any atom is -0.508 e. The summed E-state index contributed by atoms with van der Waals surface area (Å²) in [7, 11) is 0. The van der Waals surface area contributed by atoms with Gasteiger partial charge in [-0.05, 0) is 106 Å². The molecular formula is C26H38O3. The highest BCUT2D eigenvalue weighted by molar-refractivity contribution is 5.72. The highest BCUT2D eigenvalue weighted by atomic mass is 16.5. The van der Waals surface area contributed by atoms with Gasteiger partial charge in [0.25, 0.3) is 0 Å². The van der Waals surface area contributed by atoms with E-state index in [1.807, 2.05) is 12.1 Å². The molecule has 3 fully saturated rings. The van der Waals surface area contributed by atoms with E-state index in [0.29, 0.717) is 11.7 Å². The van der Waals surface area contributed by atoms with Gasteiger partial charge in [-0.15, -0.1) is 0 Å². The maximum Gasteiger partial charge on any atom is 0.309 e. The van der Waals surface area contributed by atoms with Gasteiger partial charge in [-0.25, -0.2) is 0 Å². The Morgan fingerprint density at radius 2 is 1.34 bits per heavy atom. The number of hydrogen-bond acceptors (Lipinski definition) is 3. The monoisotopic (exact) mass is 398 g/mol. The van der Waals surface area contributed by atoms with Crippen molar-refractivity contribution in [2.45, 2.75) is 96.0 Å². The molecule has 3 heteroatoms. The predicted molar refractivity (Wildman–Crippen MR) is 116 cm³/mol. The summed E-state index contributed by atoms with van der Waals surface area (Å²) in [6, 6.07) is 7.59. The van der Waals surface area contributed by atoms with Crippen molar-refractivity contribution in [3.8, 4) is 5.75 Å². The lowest BCUT2D eigenvalue weighted by Gasteiger charge is -2.37. The molecule has 1 aromatic rings. The van der Waals surface area contributed by atoms with Gasteiger partial charge in [0, 0.05) is 0 Å². The number of ether oxygens (including phenoxy) is 1. The fourth-order valence-corrected chi connectivity index (χ4v) is 6.10. The van der Waals surface area contributed by atoms with Crippen molar-refractivity contribution in [2.24, 2.45) is 23.7 Å². The van der Waals surface area contributed by atoms with E-state index >= 15 is 0 Å². The lowest BCUT2D eigenvalue weighted by Crippen LogP contribution is -2.31. The molecule has 0 heterocycles. The van der Waals surface area contributed by atoms with Crippen LogP contribution in [0.4, 0.5) is 0 Å². The van der Waals surface area contributed by atoms with Crippen LogP contribution >= 0.6 is 0 Å². The minimum atomic E-state index is 0.0776. The largest absolute Gasteiger partial charge is 0.508 e. The molecule has 1 N–H and O–H groups in total. The van der Waals surface area contributed by atoms with E-state index in [4.69, 9.17) is 4.74 Å². The van der Waals surface area contributed by atoms with Crippen LogP contribution in [0.25, 0.3) is 0 Å². The first-order chi connectivity index (χ1) is 14.1. The Morgan fingerprint density at radius 3 is 1.93 bits per heavy atom. The van der Waals surface area contributed by atoms with Gasteiger partial charge in [-0.2, -0.15) is 0 Å². The van der Waals surface area contributed by atoms with Gasteiger partial charge in [0.15, 0.2) is 0 Å². The van der Waals surface area contributed by atoms with E-state index < -0.39 is 0 Å². The summed E-state index contributed by atoms with van der Waals surface area (Å²) in [6.07, 6.45) is 14.3. The van der Waals surface area contributed by atoms with E-state index in [1.165, 1.54) is 44.1 Å². The number of phenolic OH excluding ortho intramolecular Hbond substituents is 1. The number of aromatic hydroxyl groups is 1. The summed E-state index contributed by atoms with van der Waals surface area (Å²) < 4.78 is 5.95. The number of carbonyl (C=O) groups excluding carboxylic acids is 1. The SMILES string of the molecule is CC1CCC(C2CCC(C(=O)O[C@H]3CC[C@H](c4ccc(O)cc4)CC3)CC2)CC1. The third-order valence-corrected chi connectivity index (χ3v) is 8.15. The molecule has 0 radical (unpaired) electrons. The Kier molecular flexibility index (Phi) is 6.82. The average Bonchev–Trinajstić information content (AvgIpc) is 2.76. The van der Waals surface area contributed by atoms with Crippen LogP contribution in [0, 0.1) is 23.7 Å². The van der Waals surface area contributed by atoms with Gasteiger partial charge in [0.2, 0.25) is 0 Å². The maximum atomic E-state index is 12.7. The smallest absolute Gasteiger partial charge is 0.309 e. The molecule has 4 rings (SSSR count). The van der Waals surface area contributed by atoms with Crippen LogP contribution in [0.3, 0.4) is 0 Å². The van der Waals surface area contributed by atoms with E-state index in [0.717, 1.165) is 56.3 Å². The quantitative estimate of drug-likeness (QED) is 0.582. The van der Waals surface area contributed by atoms with Crippen molar-refractivity contribution < 1.29 is 14.6 Å². The molecule has 3 aliphatic rings. The minimum absolute atomic E-state index is 0.0776. The molecular weight excluding hydrogens is 360 g/mol. The van der Waals surface area contributed by atoms with E-state index in [2.05, 4.69) is 6.92 Å². The molecule has 29 heavy (non-hydrogen) atoms. The number of benzene rings is 1. The second-order valence-electron chi connectivity index (χ2n) is 10.1. The summed E-state index contributed by atoms with van der Waals surface area (Å²) >= 11 is 0.